The standard InChI is InChI=1S/C8H16O/c1-4-5-6-7-9-8(2)3/h4-5,8H,6-7H2,1-3H3. The highest BCUT2D eigenvalue weighted by atomic mass is 16.5. The van der Waals surface area contributed by atoms with Crippen molar-refractivity contribution in [2.24, 2.45) is 0 Å². The molecule has 0 radical (unpaired) electrons. The molecule has 1 nitrogen and oxygen atoms in total. The molecule has 0 aromatic carbocycles. The van der Waals surface area contributed by atoms with E-state index >= 15 is 0 Å². The fourth-order valence-electron chi connectivity index (χ4n) is 0.538. The second-order valence-corrected chi connectivity index (χ2v) is 2.28. The van der Waals surface area contributed by atoms with Gasteiger partial charge in [-0.05, 0) is 27.2 Å². The minimum atomic E-state index is 0.371. The largest absolute Gasteiger partial charge is 0.378 e. The van der Waals surface area contributed by atoms with Crippen LogP contribution in [0.3, 0.4) is 0 Å². The van der Waals surface area contributed by atoms with E-state index in [1.165, 1.54) is 0 Å². The van der Waals surface area contributed by atoms with E-state index in [1.54, 1.807) is 0 Å². The van der Waals surface area contributed by atoms with Gasteiger partial charge in [0.25, 0.3) is 0 Å². The highest BCUT2D eigenvalue weighted by Crippen LogP contribution is 1.90. The second kappa shape index (κ2) is 5.83. The van der Waals surface area contributed by atoms with Gasteiger partial charge >= 0.3 is 0 Å². The molecule has 0 spiro atoms. The predicted octanol–water partition coefficient (Wildman–Crippen LogP) is 2.38. The van der Waals surface area contributed by atoms with Crippen LogP contribution >= 0.6 is 0 Å². The first-order valence-corrected chi connectivity index (χ1v) is 3.50. The van der Waals surface area contributed by atoms with Gasteiger partial charge in [-0.25, -0.2) is 0 Å². The number of hydrogen-bond acceptors (Lipinski definition) is 1. The summed E-state index contributed by atoms with van der Waals surface area (Å²) in [6, 6.07) is 0. The van der Waals surface area contributed by atoms with E-state index in [9.17, 15) is 0 Å². The lowest BCUT2D eigenvalue weighted by Gasteiger charge is -2.03. The number of rotatable bonds is 4. The normalized spacial score (nSPS) is 11.6. The highest BCUT2D eigenvalue weighted by Gasteiger charge is 1.88. The Kier molecular flexibility index (Phi) is 5.64. The van der Waals surface area contributed by atoms with Crippen LogP contribution in [-0.2, 0) is 4.74 Å². The van der Waals surface area contributed by atoms with Crippen molar-refractivity contribution >= 4 is 0 Å². The predicted molar refractivity (Wildman–Crippen MR) is 40.5 cm³/mol. The highest BCUT2D eigenvalue weighted by molar-refractivity contribution is 4.75. The summed E-state index contributed by atoms with van der Waals surface area (Å²) < 4.78 is 5.29. The van der Waals surface area contributed by atoms with Gasteiger partial charge in [-0.1, -0.05) is 12.2 Å². The van der Waals surface area contributed by atoms with Gasteiger partial charge in [0, 0.05) is 0 Å². The molecule has 0 aliphatic rings. The van der Waals surface area contributed by atoms with E-state index in [4.69, 9.17) is 4.74 Å². The Morgan fingerprint density at radius 2 is 2.11 bits per heavy atom. The molecule has 0 bridgehead atoms. The Bertz CT molecular complexity index is 74.6. The van der Waals surface area contributed by atoms with Gasteiger partial charge in [-0.2, -0.15) is 0 Å². The SMILES string of the molecule is CC=CCCOC(C)C. The molecule has 54 valence electrons. The number of hydrogen-bond donors (Lipinski definition) is 0. The maximum atomic E-state index is 5.29. The summed E-state index contributed by atoms with van der Waals surface area (Å²) in [4.78, 5) is 0. The van der Waals surface area contributed by atoms with E-state index in [1.807, 2.05) is 13.0 Å². The zero-order chi connectivity index (χ0) is 7.11. The lowest BCUT2D eigenvalue weighted by atomic mass is 10.4. The average Bonchev–Trinajstić information content (AvgIpc) is 1.80. The van der Waals surface area contributed by atoms with Crippen molar-refractivity contribution < 1.29 is 4.74 Å². The molecule has 0 aliphatic heterocycles. The molecule has 0 heterocycles. The first-order valence-electron chi connectivity index (χ1n) is 3.50. The van der Waals surface area contributed by atoms with Crippen LogP contribution in [0.5, 0.6) is 0 Å². The second-order valence-electron chi connectivity index (χ2n) is 2.28. The third kappa shape index (κ3) is 7.70. The van der Waals surface area contributed by atoms with Crippen LogP contribution in [0.4, 0.5) is 0 Å². The molecule has 0 saturated carbocycles. The lowest BCUT2D eigenvalue weighted by molar-refractivity contribution is 0.0826. The van der Waals surface area contributed by atoms with Gasteiger partial charge in [-0.3, -0.25) is 0 Å². The van der Waals surface area contributed by atoms with Crippen molar-refractivity contribution in [3.05, 3.63) is 12.2 Å². The van der Waals surface area contributed by atoms with Crippen molar-refractivity contribution in [1.29, 1.82) is 0 Å². The van der Waals surface area contributed by atoms with Crippen molar-refractivity contribution in [3.63, 3.8) is 0 Å². The van der Waals surface area contributed by atoms with Crippen LogP contribution in [0.15, 0.2) is 12.2 Å². The summed E-state index contributed by atoms with van der Waals surface area (Å²) in [5, 5.41) is 0. The molecule has 0 aromatic rings. The zero-order valence-corrected chi connectivity index (χ0v) is 6.55. The first-order chi connectivity index (χ1) is 4.27. The summed E-state index contributed by atoms with van der Waals surface area (Å²) >= 11 is 0. The maximum Gasteiger partial charge on any atom is 0.0519 e. The fraction of sp³-hybridized carbons (Fsp3) is 0.750. The summed E-state index contributed by atoms with van der Waals surface area (Å²) in [6.45, 7) is 6.97. The van der Waals surface area contributed by atoms with Gasteiger partial charge in [0.1, 0.15) is 0 Å². The van der Waals surface area contributed by atoms with Crippen LogP contribution in [-0.4, -0.2) is 12.7 Å². The molecule has 0 atom stereocenters. The van der Waals surface area contributed by atoms with Gasteiger partial charge in [0.05, 0.1) is 12.7 Å². The summed E-state index contributed by atoms with van der Waals surface area (Å²) in [5.41, 5.74) is 0. The molecule has 0 N–H and O–H groups in total. The molecular weight excluding hydrogens is 112 g/mol. The molecule has 0 saturated heterocycles. The van der Waals surface area contributed by atoms with Crippen molar-refractivity contribution in [2.75, 3.05) is 6.61 Å². The van der Waals surface area contributed by atoms with Gasteiger partial charge < -0.3 is 4.74 Å². The van der Waals surface area contributed by atoms with Crippen LogP contribution < -0.4 is 0 Å². The molecule has 0 amide bonds. The molecule has 0 rings (SSSR count). The fourth-order valence-corrected chi connectivity index (χ4v) is 0.538. The Morgan fingerprint density at radius 3 is 2.56 bits per heavy atom. The Morgan fingerprint density at radius 1 is 1.44 bits per heavy atom. The third-order valence-corrected chi connectivity index (χ3v) is 0.971. The quantitative estimate of drug-likeness (QED) is 0.417. The Labute approximate surface area is 57.7 Å². The van der Waals surface area contributed by atoms with Gasteiger partial charge in [-0.15, -0.1) is 0 Å². The molecule has 0 fully saturated rings. The monoisotopic (exact) mass is 128 g/mol. The molecule has 0 aromatic heterocycles. The van der Waals surface area contributed by atoms with Crippen molar-refractivity contribution in [2.45, 2.75) is 33.3 Å². The van der Waals surface area contributed by atoms with Crippen LogP contribution in [0.25, 0.3) is 0 Å². The number of allylic oxidation sites excluding steroid dienone is 1. The van der Waals surface area contributed by atoms with E-state index in [0.717, 1.165) is 13.0 Å². The van der Waals surface area contributed by atoms with Crippen molar-refractivity contribution in [3.8, 4) is 0 Å². The van der Waals surface area contributed by atoms with E-state index in [2.05, 4.69) is 19.9 Å². The minimum Gasteiger partial charge on any atom is -0.378 e. The first kappa shape index (κ1) is 8.70. The zero-order valence-electron chi connectivity index (χ0n) is 6.55. The van der Waals surface area contributed by atoms with Gasteiger partial charge in [0.15, 0.2) is 0 Å². The lowest BCUT2D eigenvalue weighted by Crippen LogP contribution is -2.02. The Hall–Kier alpha value is -0.300. The third-order valence-electron chi connectivity index (χ3n) is 0.971. The van der Waals surface area contributed by atoms with Crippen molar-refractivity contribution in [1.82, 2.24) is 0 Å². The summed E-state index contributed by atoms with van der Waals surface area (Å²) in [5.74, 6) is 0. The minimum absolute atomic E-state index is 0.371. The van der Waals surface area contributed by atoms with E-state index in [-0.39, 0.29) is 0 Å². The van der Waals surface area contributed by atoms with Gasteiger partial charge in [0.2, 0.25) is 0 Å². The van der Waals surface area contributed by atoms with E-state index < -0.39 is 0 Å². The maximum absolute atomic E-state index is 5.29. The molecule has 0 aliphatic carbocycles. The average molecular weight is 128 g/mol. The summed E-state index contributed by atoms with van der Waals surface area (Å²) in [7, 11) is 0. The smallest absolute Gasteiger partial charge is 0.0519 e. The van der Waals surface area contributed by atoms with E-state index in [0.29, 0.717) is 6.10 Å². The number of ether oxygens (including phenoxy) is 1. The topological polar surface area (TPSA) is 9.23 Å². The molecular formula is C8H16O. The Balaban J connectivity index is 2.91. The summed E-state index contributed by atoms with van der Waals surface area (Å²) in [6.07, 6.45) is 5.57. The molecule has 9 heavy (non-hydrogen) atoms. The van der Waals surface area contributed by atoms with Crippen LogP contribution in [0, 0.1) is 0 Å². The molecule has 0 unspecified atom stereocenters. The van der Waals surface area contributed by atoms with Crippen LogP contribution in [0.2, 0.25) is 0 Å². The van der Waals surface area contributed by atoms with Crippen LogP contribution in [0.1, 0.15) is 27.2 Å². The molecule has 1 heteroatoms.